The van der Waals surface area contributed by atoms with Gasteiger partial charge in [-0.15, -0.1) is 0 Å². The molecule has 0 atom stereocenters. The number of amidine groups is 1. The van der Waals surface area contributed by atoms with Gasteiger partial charge in [0.2, 0.25) is 5.71 Å². The maximum Gasteiger partial charge on any atom is 0.201 e. The molecule has 1 aliphatic heterocycles. The molecule has 26 heavy (non-hydrogen) atoms. The molecule has 0 bridgehead atoms. The van der Waals surface area contributed by atoms with Gasteiger partial charge < -0.3 is 24.8 Å². The second kappa shape index (κ2) is 9.48. The number of anilines is 2. The Morgan fingerprint density at radius 3 is 2.54 bits per heavy atom. The van der Waals surface area contributed by atoms with E-state index in [0.29, 0.717) is 43.6 Å². The lowest BCUT2D eigenvalue weighted by molar-refractivity contribution is 0.122. The molecule has 9 nitrogen and oxygen atoms in total. The molecule has 4 N–H and O–H groups in total. The molecule has 140 valence electrons. The first-order valence-corrected chi connectivity index (χ1v) is 8.45. The molecule has 1 aromatic carbocycles. The van der Waals surface area contributed by atoms with E-state index in [9.17, 15) is 0 Å². The zero-order valence-corrected chi connectivity index (χ0v) is 15.0. The van der Waals surface area contributed by atoms with Crippen LogP contribution in [0.4, 0.5) is 11.4 Å². The molecule has 0 radical (unpaired) electrons. The van der Waals surface area contributed by atoms with Gasteiger partial charge >= 0.3 is 0 Å². The Morgan fingerprint density at radius 2 is 1.96 bits per heavy atom. The number of benzene rings is 1. The van der Waals surface area contributed by atoms with Gasteiger partial charge in [0.15, 0.2) is 5.84 Å². The minimum absolute atomic E-state index is 0.206. The second-order valence-electron chi connectivity index (χ2n) is 5.38. The SMILES string of the molecule is CCOc1cc(N2CCOCC2)c(OCC)cc1N/N=C(\C#N)C(=N)N. The minimum Gasteiger partial charge on any atom is -0.492 e. The smallest absolute Gasteiger partial charge is 0.201 e. The molecule has 1 saturated heterocycles. The molecule has 0 amide bonds. The Hall–Kier alpha value is -2.99. The number of rotatable bonds is 8. The van der Waals surface area contributed by atoms with Crippen molar-refractivity contribution in [2.75, 3.05) is 49.8 Å². The molecule has 0 aliphatic carbocycles. The van der Waals surface area contributed by atoms with Crippen LogP contribution < -0.4 is 25.5 Å². The number of hydrogen-bond acceptors (Lipinski definition) is 8. The third-order valence-corrected chi connectivity index (χ3v) is 3.66. The van der Waals surface area contributed by atoms with Crippen molar-refractivity contribution in [2.45, 2.75) is 13.8 Å². The Bertz CT molecular complexity index is 707. The van der Waals surface area contributed by atoms with E-state index in [1.807, 2.05) is 19.9 Å². The van der Waals surface area contributed by atoms with Crippen LogP contribution in [0.5, 0.6) is 11.5 Å². The summed E-state index contributed by atoms with van der Waals surface area (Å²) in [6, 6.07) is 5.43. The number of nitriles is 1. The minimum atomic E-state index is -0.409. The van der Waals surface area contributed by atoms with Crippen molar-refractivity contribution in [3.63, 3.8) is 0 Å². The molecule has 1 aromatic rings. The van der Waals surface area contributed by atoms with Crippen molar-refractivity contribution in [3.05, 3.63) is 12.1 Å². The molecule has 1 aliphatic rings. The van der Waals surface area contributed by atoms with Gasteiger partial charge in [0.25, 0.3) is 0 Å². The lowest BCUT2D eigenvalue weighted by Crippen LogP contribution is -2.36. The van der Waals surface area contributed by atoms with Crippen LogP contribution in [0.2, 0.25) is 0 Å². The largest absolute Gasteiger partial charge is 0.492 e. The van der Waals surface area contributed by atoms with Crippen molar-refractivity contribution in [1.82, 2.24) is 0 Å². The highest BCUT2D eigenvalue weighted by Crippen LogP contribution is 2.39. The van der Waals surface area contributed by atoms with Crippen molar-refractivity contribution < 1.29 is 14.2 Å². The van der Waals surface area contributed by atoms with Crippen molar-refractivity contribution >= 4 is 22.9 Å². The van der Waals surface area contributed by atoms with Crippen LogP contribution in [0.3, 0.4) is 0 Å². The number of nitrogens with zero attached hydrogens (tertiary/aromatic N) is 3. The number of nitrogens with one attached hydrogen (secondary N) is 2. The summed E-state index contributed by atoms with van der Waals surface area (Å²) in [5.74, 6) is 0.840. The van der Waals surface area contributed by atoms with Crippen molar-refractivity contribution in [2.24, 2.45) is 10.8 Å². The summed E-state index contributed by atoms with van der Waals surface area (Å²) in [5.41, 5.74) is 9.32. The quantitative estimate of drug-likeness (QED) is 0.364. The van der Waals surface area contributed by atoms with Crippen LogP contribution in [0, 0.1) is 16.7 Å². The van der Waals surface area contributed by atoms with Gasteiger partial charge in [-0.3, -0.25) is 10.8 Å². The first-order valence-electron chi connectivity index (χ1n) is 8.45. The highest BCUT2D eigenvalue weighted by Gasteiger charge is 2.19. The van der Waals surface area contributed by atoms with Gasteiger partial charge in [0.05, 0.1) is 32.1 Å². The van der Waals surface area contributed by atoms with Gasteiger partial charge in [-0.1, -0.05) is 0 Å². The normalized spacial score (nSPS) is 14.5. The van der Waals surface area contributed by atoms with Gasteiger partial charge in [-0.25, -0.2) is 0 Å². The topological polar surface area (TPSA) is 129 Å². The Labute approximate surface area is 152 Å². The predicted molar refractivity (Wildman–Crippen MR) is 100 cm³/mol. The number of hydrogen-bond donors (Lipinski definition) is 3. The van der Waals surface area contributed by atoms with E-state index in [1.165, 1.54) is 0 Å². The fraction of sp³-hybridized carbons (Fsp3) is 0.471. The first-order chi connectivity index (χ1) is 12.6. The fourth-order valence-corrected chi connectivity index (χ4v) is 2.50. The highest BCUT2D eigenvalue weighted by molar-refractivity contribution is 6.45. The van der Waals surface area contributed by atoms with E-state index in [4.69, 9.17) is 30.6 Å². The van der Waals surface area contributed by atoms with Gasteiger partial charge in [-0.2, -0.15) is 10.4 Å². The van der Waals surface area contributed by atoms with E-state index in [-0.39, 0.29) is 5.71 Å². The lowest BCUT2D eigenvalue weighted by atomic mass is 10.2. The summed E-state index contributed by atoms with van der Waals surface area (Å²) >= 11 is 0. The van der Waals surface area contributed by atoms with Crippen LogP contribution >= 0.6 is 0 Å². The van der Waals surface area contributed by atoms with E-state index < -0.39 is 5.84 Å². The van der Waals surface area contributed by atoms with Crippen LogP contribution in [-0.4, -0.2) is 51.1 Å². The molecule has 1 fully saturated rings. The van der Waals surface area contributed by atoms with Crippen molar-refractivity contribution in [3.8, 4) is 17.6 Å². The van der Waals surface area contributed by atoms with Gasteiger partial charge in [0, 0.05) is 25.2 Å². The van der Waals surface area contributed by atoms with Crippen LogP contribution in [0.25, 0.3) is 0 Å². The number of nitrogens with two attached hydrogens (primary N) is 1. The highest BCUT2D eigenvalue weighted by atomic mass is 16.5. The molecule has 0 spiro atoms. The molecule has 2 rings (SSSR count). The predicted octanol–water partition coefficient (Wildman–Crippen LogP) is 1.55. The first kappa shape index (κ1) is 19.3. The van der Waals surface area contributed by atoms with Crippen LogP contribution in [0.15, 0.2) is 17.2 Å². The zero-order valence-electron chi connectivity index (χ0n) is 15.0. The van der Waals surface area contributed by atoms with Gasteiger partial charge in [0.1, 0.15) is 23.3 Å². The van der Waals surface area contributed by atoms with E-state index in [2.05, 4.69) is 15.4 Å². The average molecular weight is 360 g/mol. The number of ether oxygens (including phenoxy) is 3. The molecule has 1 heterocycles. The summed E-state index contributed by atoms with van der Waals surface area (Å²) in [6.07, 6.45) is 0. The number of hydrazone groups is 1. The average Bonchev–Trinajstić information content (AvgIpc) is 2.64. The van der Waals surface area contributed by atoms with Crippen LogP contribution in [-0.2, 0) is 4.74 Å². The lowest BCUT2D eigenvalue weighted by Gasteiger charge is -2.31. The summed E-state index contributed by atoms with van der Waals surface area (Å²) in [6.45, 7) is 7.60. The molecular weight excluding hydrogens is 336 g/mol. The van der Waals surface area contributed by atoms with Gasteiger partial charge in [-0.05, 0) is 13.8 Å². The molecule has 0 saturated carbocycles. The van der Waals surface area contributed by atoms with Crippen molar-refractivity contribution in [1.29, 1.82) is 10.7 Å². The Morgan fingerprint density at radius 1 is 1.31 bits per heavy atom. The summed E-state index contributed by atoms with van der Waals surface area (Å²) in [5, 5.41) is 20.2. The second-order valence-corrected chi connectivity index (χ2v) is 5.38. The maximum absolute atomic E-state index is 8.98. The third-order valence-electron chi connectivity index (χ3n) is 3.66. The molecular formula is C17H24N6O3. The Kier molecular flexibility index (Phi) is 7.05. The van der Waals surface area contributed by atoms with Crippen LogP contribution in [0.1, 0.15) is 13.8 Å². The van der Waals surface area contributed by atoms with E-state index in [0.717, 1.165) is 18.8 Å². The third kappa shape index (κ3) is 4.77. The molecule has 0 unspecified atom stereocenters. The molecule has 0 aromatic heterocycles. The standard InChI is InChI=1S/C17H24N6O3/c1-3-25-15-10-14(23-5-7-24-8-6-23)16(26-4-2)9-12(15)21-22-13(11-18)17(19)20/h9-10,21H,3-8H2,1-2H3,(H3,19,20)/b22-13+. The Balaban J connectivity index is 2.41. The monoisotopic (exact) mass is 360 g/mol. The van der Waals surface area contributed by atoms with E-state index >= 15 is 0 Å². The summed E-state index contributed by atoms with van der Waals surface area (Å²) in [4.78, 5) is 2.18. The summed E-state index contributed by atoms with van der Waals surface area (Å²) in [7, 11) is 0. The summed E-state index contributed by atoms with van der Waals surface area (Å²) < 4.78 is 16.9. The number of morpholine rings is 1. The zero-order chi connectivity index (χ0) is 18.9. The fourth-order valence-electron chi connectivity index (χ4n) is 2.50. The van der Waals surface area contributed by atoms with E-state index in [1.54, 1.807) is 12.1 Å². The maximum atomic E-state index is 8.98. The molecule has 9 heteroatoms.